The monoisotopic (exact) mass is 700 g/mol. The Morgan fingerprint density at radius 1 is 0.542 bits per heavy atom. The quantitative estimate of drug-likeness (QED) is 0.0382. The minimum atomic E-state index is -4.42. The van der Waals surface area contributed by atoms with Gasteiger partial charge in [0.05, 0.1) is 6.61 Å². The Morgan fingerprint density at radius 3 is 1.19 bits per heavy atom. The van der Waals surface area contributed by atoms with Crippen molar-refractivity contribution in [1.82, 2.24) is 0 Å². The Hall–Kier alpha value is -1.71. The Bertz CT molecular complexity index is 919. The van der Waals surface area contributed by atoms with E-state index in [2.05, 4.69) is 38.2 Å². The van der Waals surface area contributed by atoms with Gasteiger partial charge in [-0.1, -0.05) is 141 Å². The number of aliphatic hydroxyl groups excluding tert-OH is 1. The number of rotatable bonds is 35. The molecule has 0 fully saturated rings. The van der Waals surface area contributed by atoms with Gasteiger partial charge in [-0.2, -0.15) is 0 Å². The number of primary sulfonamides is 1. The van der Waals surface area contributed by atoms with Gasteiger partial charge in [0.15, 0.2) is 6.10 Å². The number of aliphatic hydroxyl groups is 1. The molecular weight excluding hydrogens is 626 g/mol. The molecule has 2 atom stereocenters. The van der Waals surface area contributed by atoms with Crippen LogP contribution in [0.25, 0.3) is 0 Å². The molecule has 282 valence electrons. The zero-order valence-electron chi connectivity index (χ0n) is 30.9. The first-order valence-corrected chi connectivity index (χ1v) is 21.2. The summed E-state index contributed by atoms with van der Waals surface area (Å²) in [6.07, 6.45) is 37.1. The van der Waals surface area contributed by atoms with Gasteiger partial charge >= 0.3 is 11.9 Å². The predicted molar refractivity (Wildman–Crippen MR) is 199 cm³/mol. The first-order valence-electron chi connectivity index (χ1n) is 19.6. The van der Waals surface area contributed by atoms with Crippen LogP contribution in [0.3, 0.4) is 0 Å². The van der Waals surface area contributed by atoms with E-state index in [0.29, 0.717) is 12.8 Å². The van der Waals surface area contributed by atoms with Gasteiger partial charge in [0, 0.05) is 12.8 Å². The highest BCUT2D eigenvalue weighted by Crippen LogP contribution is 2.16. The van der Waals surface area contributed by atoms with Crippen LogP contribution >= 0.6 is 0 Å². The van der Waals surface area contributed by atoms with Gasteiger partial charge in [0.25, 0.3) is 15.5 Å². The molecule has 0 aliphatic carbocycles. The molecule has 0 bridgehead atoms. The predicted octanol–water partition coefficient (Wildman–Crippen LogP) is 10.1. The van der Waals surface area contributed by atoms with Gasteiger partial charge in [0.2, 0.25) is 0 Å². The zero-order valence-corrected chi connectivity index (χ0v) is 31.7. The lowest BCUT2D eigenvalue weighted by Crippen LogP contribution is -2.46. The van der Waals surface area contributed by atoms with Crippen molar-refractivity contribution < 1.29 is 32.6 Å². The molecule has 0 aliphatic rings. The fourth-order valence-electron chi connectivity index (χ4n) is 5.63. The summed E-state index contributed by atoms with van der Waals surface area (Å²) in [6.45, 7) is 3.65. The van der Waals surface area contributed by atoms with E-state index < -0.39 is 40.1 Å². The molecule has 0 aromatic rings. The number of unbranched alkanes of at least 4 members (excludes halogenated alkanes) is 22. The molecule has 0 aliphatic heterocycles. The SMILES string of the molecule is CCCCCCCC/C=C\CCCCCCCC(=O)OC(CO)C(OC(=O)CCCCCCC/C=C\CCCCCCCC)S(N)(=O)=O. The maximum Gasteiger partial charge on any atom is 0.307 e. The van der Waals surface area contributed by atoms with Crippen molar-refractivity contribution in [1.29, 1.82) is 0 Å². The number of sulfonamides is 1. The minimum absolute atomic E-state index is 0.0329. The standard InChI is InChI=1S/C39H73NO7S/c1-3-5-7-9-11-13-15-17-19-21-23-25-27-29-31-33-37(42)46-36(35-41)39(48(40,44)45)47-38(43)34-32-30-28-26-24-22-20-18-16-14-12-10-8-6-4-2/h17-20,36,39,41H,3-16,21-35H2,1-2H3,(H2,40,44,45)/b19-17-,20-18-. The lowest BCUT2D eigenvalue weighted by Gasteiger charge is -2.24. The zero-order chi connectivity index (χ0) is 35.6. The number of carbonyl (C=O) groups is 2. The van der Waals surface area contributed by atoms with Crippen LogP contribution in [0.15, 0.2) is 24.3 Å². The van der Waals surface area contributed by atoms with Crippen molar-refractivity contribution in [3.05, 3.63) is 24.3 Å². The molecule has 0 heterocycles. The van der Waals surface area contributed by atoms with Gasteiger partial charge in [-0.25, -0.2) is 13.6 Å². The molecule has 0 amide bonds. The Kier molecular flexibility index (Phi) is 32.6. The van der Waals surface area contributed by atoms with Crippen molar-refractivity contribution in [3.8, 4) is 0 Å². The Morgan fingerprint density at radius 2 is 0.854 bits per heavy atom. The number of nitrogens with two attached hydrogens (primary N) is 1. The summed E-state index contributed by atoms with van der Waals surface area (Å²) in [7, 11) is -4.42. The fourth-order valence-corrected chi connectivity index (χ4v) is 6.44. The molecule has 3 N–H and O–H groups in total. The second-order valence-electron chi connectivity index (χ2n) is 13.3. The highest BCUT2D eigenvalue weighted by molar-refractivity contribution is 7.89. The summed E-state index contributed by atoms with van der Waals surface area (Å²) >= 11 is 0. The van der Waals surface area contributed by atoms with Crippen LogP contribution in [0.1, 0.15) is 194 Å². The highest BCUT2D eigenvalue weighted by Gasteiger charge is 2.37. The normalized spacial score (nSPS) is 13.3. The van der Waals surface area contributed by atoms with E-state index in [1.54, 1.807) is 0 Å². The number of esters is 2. The summed E-state index contributed by atoms with van der Waals surface area (Å²) in [6, 6.07) is 0. The van der Waals surface area contributed by atoms with Crippen LogP contribution in [0.2, 0.25) is 0 Å². The van der Waals surface area contributed by atoms with Crippen LogP contribution in [0, 0.1) is 0 Å². The minimum Gasteiger partial charge on any atom is -0.455 e. The number of hydrogen-bond acceptors (Lipinski definition) is 7. The van der Waals surface area contributed by atoms with E-state index in [4.69, 9.17) is 14.6 Å². The van der Waals surface area contributed by atoms with Gasteiger partial charge in [-0.15, -0.1) is 0 Å². The molecule has 9 heteroatoms. The highest BCUT2D eigenvalue weighted by atomic mass is 32.2. The summed E-state index contributed by atoms with van der Waals surface area (Å²) in [5.41, 5.74) is -1.93. The van der Waals surface area contributed by atoms with E-state index >= 15 is 0 Å². The third kappa shape index (κ3) is 30.4. The molecule has 0 saturated carbocycles. The van der Waals surface area contributed by atoms with Crippen molar-refractivity contribution in [2.75, 3.05) is 6.61 Å². The van der Waals surface area contributed by atoms with Crippen LogP contribution in [0.5, 0.6) is 0 Å². The largest absolute Gasteiger partial charge is 0.455 e. The van der Waals surface area contributed by atoms with Crippen molar-refractivity contribution in [2.45, 2.75) is 205 Å². The van der Waals surface area contributed by atoms with Crippen LogP contribution in [0.4, 0.5) is 0 Å². The van der Waals surface area contributed by atoms with Gasteiger partial charge in [-0.05, 0) is 64.2 Å². The van der Waals surface area contributed by atoms with E-state index in [0.717, 1.165) is 77.0 Å². The molecular formula is C39H73NO7S. The van der Waals surface area contributed by atoms with Crippen LogP contribution in [-0.2, 0) is 29.1 Å². The van der Waals surface area contributed by atoms with E-state index in [1.807, 2.05) is 0 Å². The van der Waals surface area contributed by atoms with Crippen LogP contribution < -0.4 is 5.14 Å². The third-order valence-corrected chi connectivity index (χ3v) is 9.67. The first-order chi connectivity index (χ1) is 23.3. The molecule has 0 rings (SSSR count). The van der Waals surface area contributed by atoms with Gasteiger partial charge in [0.1, 0.15) is 0 Å². The maximum absolute atomic E-state index is 12.4. The second-order valence-corrected chi connectivity index (χ2v) is 15.0. The van der Waals surface area contributed by atoms with Crippen molar-refractivity contribution >= 4 is 22.0 Å². The maximum atomic E-state index is 12.4. The number of hydrogen-bond donors (Lipinski definition) is 2. The number of ether oxygens (including phenoxy) is 2. The lowest BCUT2D eigenvalue weighted by molar-refractivity contribution is -0.164. The van der Waals surface area contributed by atoms with E-state index in [-0.39, 0.29) is 12.8 Å². The van der Waals surface area contributed by atoms with Gasteiger partial charge in [-0.3, -0.25) is 9.59 Å². The average Bonchev–Trinajstić information content (AvgIpc) is 3.05. The van der Waals surface area contributed by atoms with Crippen molar-refractivity contribution in [3.63, 3.8) is 0 Å². The van der Waals surface area contributed by atoms with Crippen molar-refractivity contribution in [2.24, 2.45) is 5.14 Å². The summed E-state index contributed by atoms with van der Waals surface area (Å²) in [5, 5.41) is 15.0. The van der Waals surface area contributed by atoms with Gasteiger partial charge < -0.3 is 14.6 Å². The molecule has 0 spiro atoms. The fraction of sp³-hybridized carbons (Fsp3) is 0.846. The number of allylic oxidation sites excluding steroid dienone is 4. The van der Waals surface area contributed by atoms with E-state index in [1.165, 1.54) is 77.0 Å². The smallest absolute Gasteiger partial charge is 0.307 e. The Labute approximate surface area is 295 Å². The lowest BCUT2D eigenvalue weighted by atomic mass is 10.1. The molecule has 0 aromatic carbocycles. The average molecular weight is 700 g/mol. The molecule has 2 unspecified atom stereocenters. The van der Waals surface area contributed by atoms with E-state index in [9.17, 15) is 23.1 Å². The molecule has 0 saturated heterocycles. The first kappa shape index (κ1) is 46.3. The molecule has 8 nitrogen and oxygen atoms in total. The molecule has 48 heavy (non-hydrogen) atoms. The molecule has 0 aromatic heterocycles. The Balaban J connectivity index is 4.08. The molecule has 0 radical (unpaired) electrons. The second kappa shape index (κ2) is 33.8. The summed E-state index contributed by atoms with van der Waals surface area (Å²) in [5.74, 6) is -1.38. The summed E-state index contributed by atoms with van der Waals surface area (Å²) in [4.78, 5) is 24.8. The number of carbonyl (C=O) groups excluding carboxylic acids is 2. The topological polar surface area (TPSA) is 133 Å². The van der Waals surface area contributed by atoms with Crippen LogP contribution in [-0.4, -0.2) is 43.6 Å². The summed E-state index contributed by atoms with van der Waals surface area (Å²) < 4.78 is 34.6. The third-order valence-electron chi connectivity index (χ3n) is 8.62.